The van der Waals surface area contributed by atoms with Crippen LogP contribution in [0.15, 0.2) is 12.1 Å². The lowest BCUT2D eigenvalue weighted by molar-refractivity contribution is -0.131. The van der Waals surface area contributed by atoms with Gasteiger partial charge < -0.3 is 19.1 Å². The Morgan fingerprint density at radius 1 is 1.07 bits per heavy atom. The summed E-state index contributed by atoms with van der Waals surface area (Å²) in [6, 6.07) is 3.83. The Kier molecular flexibility index (Phi) is 6.23. The lowest BCUT2D eigenvalue weighted by Crippen LogP contribution is -2.43. The molecule has 2 aliphatic heterocycles. The van der Waals surface area contributed by atoms with Crippen molar-refractivity contribution in [1.29, 1.82) is 0 Å². The summed E-state index contributed by atoms with van der Waals surface area (Å²) in [5.74, 6) is 0.988. The molecule has 2 heterocycles. The third kappa shape index (κ3) is 4.53. The number of carbonyl (C=O) groups is 1. The maximum atomic E-state index is 12.6. The second kappa shape index (κ2) is 8.45. The molecule has 1 fully saturated rings. The van der Waals surface area contributed by atoms with Crippen LogP contribution in [0, 0.1) is 0 Å². The molecule has 27 heavy (non-hydrogen) atoms. The number of ether oxygens (including phenoxy) is 3. The van der Waals surface area contributed by atoms with Crippen LogP contribution in [0.2, 0.25) is 0 Å². The van der Waals surface area contributed by atoms with Gasteiger partial charge in [0.1, 0.15) is 0 Å². The summed E-state index contributed by atoms with van der Waals surface area (Å²) in [5, 5.41) is 0. The molecule has 1 aromatic rings. The number of sulfonamides is 1. The highest BCUT2D eigenvalue weighted by Gasteiger charge is 2.27. The minimum atomic E-state index is -3.43. The molecule has 3 rings (SSSR count). The van der Waals surface area contributed by atoms with Crippen LogP contribution in [-0.4, -0.2) is 76.4 Å². The molecule has 1 amide bonds. The first-order valence-corrected chi connectivity index (χ1v) is 10.6. The molecule has 0 unspecified atom stereocenters. The van der Waals surface area contributed by atoms with Crippen molar-refractivity contribution in [2.45, 2.75) is 19.4 Å². The van der Waals surface area contributed by atoms with Gasteiger partial charge in [-0.2, -0.15) is 4.31 Å². The fourth-order valence-electron chi connectivity index (χ4n) is 3.42. The number of nitrogens with zero attached hydrogens (tertiary/aromatic N) is 2. The number of amides is 1. The molecule has 0 aromatic heterocycles. The van der Waals surface area contributed by atoms with Gasteiger partial charge in [0.2, 0.25) is 15.9 Å². The van der Waals surface area contributed by atoms with Crippen molar-refractivity contribution >= 4 is 15.9 Å². The Bertz CT molecular complexity index is 789. The predicted octanol–water partition coefficient (Wildman–Crippen LogP) is 0.641. The van der Waals surface area contributed by atoms with Crippen LogP contribution in [-0.2, 0) is 32.5 Å². The summed E-state index contributed by atoms with van der Waals surface area (Å²) in [7, 11) is -0.257. The Hall–Kier alpha value is -1.84. The van der Waals surface area contributed by atoms with E-state index in [2.05, 4.69) is 0 Å². The monoisotopic (exact) mass is 398 g/mol. The van der Waals surface area contributed by atoms with Crippen molar-refractivity contribution in [1.82, 2.24) is 9.21 Å². The fourth-order valence-corrected chi connectivity index (χ4v) is 4.82. The third-order valence-electron chi connectivity index (χ3n) is 5.01. The Morgan fingerprint density at radius 3 is 2.33 bits per heavy atom. The first-order valence-electron chi connectivity index (χ1n) is 9.01. The summed E-state index contributed by atoms with van der Waals surface area (Å²) in [5.41, 5.74) is 2.13. The molecule has 1 aromatic carbocycles. The molecule has 8 nitrogen and oxygen atoms in total. The highest BCUT2D eigenvalue weighted by molar-refractivity contribution is 7.89. The van der Waals surface area contributed by atoms with Crippen molar-refractivity contribution in [3.05, 3.63) is 23.3 Å². The van der Waals surface area contributed by atoms with Crippen LogP contribution in [0.3, 0.4) is 0 Å². The highest BCUT2D eigenvalue weighted by Crippen LogP contribution is 2.33. The molecule has 1 saturated heterocycles. The van der Waals surface area contributed by atoms with Crippen LogP contribution >= 0.6 is 0 Å². The van der Waals surface area contributed by atoms with E-state index in [9.17, 15) is 13.2 Å². The standard InChI is InChI=1S/C18H26N2O6S/c1-24-16-11-14-3-5-19(13-15(14)12-17(16)25-2)18(21)4-10-27(22,23)20-6-8-26-9-7-20/h11-12H,3-10,13H2,1-2H3. The maximum absolute atomic E-state index is 12.6. The Balaban J connectivity index is 1.62. The number of benzene rings is 1. The number of rotatable bonds is 6. The van der Waals surface area contributed by atoms with Crippen LogP contribution in [0.25, 0.3) is 0 Å². The van der Waals surface area contributed by atoms with E-state index in [4.69, 9.17) is 14.2 Å². The molecule has 0 spiro atoms. The van der Waals surface area contributed by atoms with Gasteiger partial charge in [-0.15, -0.1) is 0 Å². The maximum Gasteiger partial charge on any atom is 0.223 e. The minimum absolute atomic E-state index is 0.0116. The van der Waals surface area contributed by atoms with Gasteiger partial charge in [0.05, 0.1) is 33.2 Å². The SMILES string of the molecule is COc1cc2c(cc1OC)CN(C(=O)CCS(=O)(=O)N1CCOCC1)CC2. The average molecular weight is 398 g/mol. The van der Waals surface area contributed by atoms with Crippen molar-refractivity contribution in [2.75, 3.05) is 52.8 Å². The largest absolute Gasteiger partial charge is 0.493 e. The van der Waals surface area contributed by atoms with E-state index in [1.54, 1.807) is 19.1 Å². The zero-order chi connectivity index (χ0) is 19.4. The van der Waals surface area contributed by atoms with E-state index in [0.717, 1.165) is 11.1 Å². The van der Waals surface area contributed by atoms with Crippen molar-refractivity contribution in [3.63, 3.8) is 0 Å². The van der Waals surface area contributed by atoms with Gasteiger partial charge in [-0.3, -0.25) is 4.79 Å². The molecule has 0 radical (unpaired) electrons. The number of carbonyl (C=O) groups excluding carboxylic acids is 1. The molecule has 2 aliphatic rings. The molecule has 0 N–H and O–H groups in total. The number of methoxy groups -OCH3 is 2. The molecular formula is C18H26N2O6S. The predicted molar refractivity (Wildman–Crippen MR) is 99.5 cm³/mol. The topological polar surface area (TPSA) is 85.4 Å². The number of morpholine rings is 1. The van der Waals surface area contributed by atoms with E-state index in [1.165, 1.54) is 4.31 Å². The summed E-state index contributed by atoms with van der Waals surface area (Å²) >= 11 is 0. The van der Waals surface area contributed by atoms with Gasteiger partial charge in [-0.1, -0.05) is 0 Å². The number of hydrogen-bond donors (Lipinski definition) is 0. The van der Waals surface area contributed by atoms with Crippen LogP contribution in [0.5, 0.6) is 11.5 Å². The van der Waals surface area contributed by atoms with Gasteiger partial charge in [0, 0.05) is 32.6 Å². The van der Waals surface area contributed by atoms with Crippen LogP contribution in [0.4, 0.5) is 0 Å². The molecule has 0 atom stereocenters. The number of hydrogen-bond acceptors (Lipinski definition) is 6. The van der Waals surface area contributed by atoms with E-state index < -0.39 is 10.0 Å². The summed E-state index contributed by atoms with van der Waals surface area (Å²) in [4.78, 5) is 14.3. The van der Waals surface area contributed by atoms with E-state index in [-0.39, 0.29) is 18.1 Å². The van der Waals surface area contributed by atoms with Gasteiger partial charge >= 0.3 is 0 Å². The van der Waals surface area contributed by atoms with Gasteiger partial charge in [0.25, 0.3) is 0 Å². The van der Waals surface area contributed by atoms with Crippen molar-refractivity contribution in [2.24, 2.45) is 0 Å². The van der Waals surface area contributed by atoms with E-state index in [0.29, 0.717) is 57.3 Å². The number of fused-ring (bicyclic) bond motifs is 1. The minimum Gasteiger partial charge on any atom is -0.493 e. The zero-order valence-electron chi connectivity index (χ0n) is 15.8. The normalized spacial score (nSPS) is 18.1. The first kappa shape index (κ1) is 19.9. The molecule has 150 valence electrons. The highest BCUT2D eigenvalue weighted by atomic mass is 32.2. The quantitative estimate of drug-likeness (QED) is 0.699. The van der Waals surface area contributed by atoms with Crippen molar-refractivity contribution in [3.8, 4) is 11.5 Å². The van der Waals surface area contributed by atoms with Crippen LogP contribution < -0.4 is 9.47 Å². The second-order valence-corrected chi connectivity index (χ2v) is 8.71. The average Bonchev–Trinajstić information content (AvgIpc) is 2.71. The summed E-state index contributed by atoms with van der Waals surface area (Å²) in [6.45, 7) is 2.54. The lowest BCUT2D eigenvalue weighted by Gasteiger charge is -2.30. The van der Waals surface area contributed by atoms with Crippen molar-refractivity contribution < 1.29 is 27.4 Å². The Morgan fingerprint density at radius 2 is 1.70 bits per heavy atom. The van der Waals surface area contributed by atoms with Gasteiger partial charge in [0.15, 0.2) is 11.5 Å². The molecule has 0 aliphatic carbocycles. The van der Waals surface area contributed by atoms with Crippen LogP contribution in [0.1, 0.15) is 17.5 Å². The molecule has 0 bridgehead atoms. The summed E-state index contributed by atoms with van der Waals surface area (Å²) in [6.07, 6.45) is 0.694. The lowest BCUT2D eigenvalue weighted by atomic mass is 9.98. The molecular weight excluding hydrogens is 372 g/mol. The smallest absolute Gasteiger partial charge is 0.223 e. The van der Waals surface area contributed by atoms with Gasteiger partial charge in [-0.05, 0) is 29.7 Å². The van der Waals surface area contributed by atoms with E-state index in [1.807, 2.05) is 12.1 Å². The third-order valence-corrected chi connectivity index (χ3v) is 6.88. The van der Waals surface area contributed by atoms with E-state index >= 15 is 0 Å². The zero-order valence-corrected chi connectivity index (χ0v) is 16.6. The summed E-state index contributed by atoms with van der Waals surface area (Å²) < 4.78 is 42.0. The first-order chi connectivity index (χ1) is 12.9. The fraction of sp³-hybridized carbons (Fsp3) is 0.611. The Labute approximate surface area is 160 Å². The second-order valence-electron chi connectivity index (χ2n) is 6.62. The molecule has 0 saturated carbocycles. The molecule has 9 heteroatoms. The van der Waals surface area contributed by atoms with Gasteiger partial charge in [-0.25, -0.2) is 8.42 Å².